The largest absolute Gasteiger partial charge is 0.481 e. The van der Waals surface area contributed by atoms with Gasteiger partial charge in [-0.3, -0.25) is 9.59 Å². The van der Waals surface area contributed by atoms with Gasteiger partial charge in [-0.25, -0.2) is 0 Å². The topological polar surface area (TPSA) is 63.6 Å². The standard InChI is InChI=1S/C29H52O4/c1-4-7-9-14-18-26-21-20-25(22-27(26)29(31)32)17-13-11-10-12-15-19-28(30)33-23-24(6-3)16-8-5-2/h20-21,24-27H,4-19,22-23H2,1-3H3,(H,31,32)/t24-,25-,26-,27+/m1/s1. The average molecular weight is 465 g/mol. The van der Waals surface area contributed by atoms with Gasteiger partial charge in [-0.05, 0) is 49.9 Å². The SMILES string of the molecule is CCCCCC[C@@H]1C=C[C@@H](CCCCCCCC(=O)OC[C@H](CC)CCCC)C[C@@H]1C(=O)O. The Kier molecular flexibility index (Phi) is 17.1. The van der Waals surface area contributed by atoms with Crippen molar-refractivity contribution in [2.24, 2.45) is 23.7 Å². The van der Waals surface area contributed by atoms with E-state index in [0.717, 1.165) is 70.6 Å². The molecule has 0 bridgehead atoms. The lowest BCUT2D eigenvalue weighted by Gasteiger charge is -2.29. The smallest absolute Gasteiger partial charge is 0.307 e. The Morgan fingerprint density at radius 2 is 1.55 bits per heavy atom. The molecule has 1 rings (SSSR count). The van der Waals surface area contributed by atoms with Crippen LogP contribution < -0.4 is 0 Å². The number of carbonyl (C=O) groups excluding carboxylic acids is 1. The normalized spacial score (nSPS) is 21.1. The van der Waals surface area contributed by atoms with Crippen LogP contribution in [0.15, 0.2) is 12.2 Å². The summed E-state index contributed by atoms with van der Waals surface area (Å²) in [4.78, 5) is 23.7. The van der Waals surface area contributed by atoms with Gasteiger partial charge in [0, 0.05) is 6.42 Å². The molecule has 0 heterocycles. The number of hydrogen-bond acceptors (Lipinski definition) is 3. The molecular weight excluding hydrogens is 412 g/mol. The number of esters is 1. The van der Waals surface area contributed by atoms with E-state index < -0.39 is 5.97 Å². The predicted octanol–water partition coefficient (Wildman–Crippen LogP) is 8.34. The first-order valence-corrected chi connectivity index (χ1v) is 14.1. The molecule has 0 fully saturated rings. The highest BCUT2D eigenvalue weighted by Crippen LogP contribution is 2.34. The lowest BCUT2D eigenvalue weighted by Crippen LogP contribution is -2.28. The molecular formula is C29H52O4. The van der Waals surface area contributed by atoms with E-state index in [1.807, 2.05) is 0 Å². The molecule has 1 N–H and O–H groups in total. The molecule has 0 aliphatic heterocycles. The minimum absolute atomic E-state index is 0.0405. The van der Waals surface area contributed by atoms with Gasteiger partial charge in [-0.15, -0.1) is 0 Å². The molecule has 4 nitrogen and oxygen atoms in total. The van der Waals surface area contributed by atoms with Crippen molar-refractivity contribution < 1.29 is 19.4 Å². The van der Waals surface area contributed by atoms with Crippen molar-refractivity contribution in [2.45, 2.75) is 130 Å². The van der Waals surface area contributed by atoms with Gasteiger partial charge in [0.1, 0.15) is 0 Å². The average Bonchev–Trinajstić information content (AvgIpc) is 2.81. The molecule has 0 amide bonds. The van der Waals surface area contributed by atoms with Crippen molar-refractivity contribution in [2.75, 3.05) is 6.61 Å². The second kappa shape index (κ2) is 19.0. The van der Waals surface area contributed by atoms with E-state index in [4.69, 9.17) is 4.74 Å². The number of aliphatic carboxylic acids is 1. The maximum Gasteiger partial charge on any atom is 0.307 e. The molecule has 33 heavy (non-hydrogen) atoms. The van der Waals surface area contributed by atoms with Crippen molar-refractivity contribution in [1.82, 2.24) is 0 Å². The Morgan fingerprint density at radius 1 is 0.879 bits per heavy atom. The molecule has 4 atom stereocenters. The van der Waals surface area contributed by atoms with Crippen LogP contribution >= 0.6 is 0 Å². The van der Waals surface area contributed by atoms with Crippen LogP contribution in [-0.4, -0.2) is 23.7 Å². The van der Waals surface area contributed by atoms with E-state index >= 15 is 0 Å². The van der Waals surface area contributed by atoms with E-state index in [9.17, 15) is 14.7 Å². The van der Waals surface area contributed by atoms with E-state index in [0.29, 0.717) is 24.9 Å². The predicted molar refractivity (Wildman–Crippen MR) is 137 cm³/mol. The van der Waals surface area contributed by atoms with Crippen LogP contribution in [0.4, 0.5) is 0 Å². The van der Waals surface area contributed by atoms with Crippen LogP contribution in [0, 0.1) is 23.7 Å². The number of carbonyl (C=O) groups is 2. The number of ether oxygens (including phenoxy) is 1. The Balaban J connectivity index is 2.14. The molecule has 4 heteroatoms. The van der Waals surface area contributed by atoms with Gasteiger partial charge in [0.05, 0.1) is 12.5 Å². The Labute approximate surface area is 203 Å². The fourth-order valence-corrected chi connectivity index (χ4v) is 5.00. The second-order valence-corrected chi connectivity index (χ2v) is 10.2. The first-order chi connectivity index (χ1) is 16.0. The summed E-state index contributed by atoms with van der Waals surface area (Å²) in [5.74, 6) is 0.275. The molecule has 0 aromatic carbocycles. The minimum Gasteiger partial charge on any atom is -0.481 e. The maximum atomic E-state index is 12.0. The molecule has 1 aliphatic rings. The third-order valence-electron chi connectivity index (χ3n) is 7.39. The van der Waals surface area contributed by atoms with Crippen LogP contribution in [0.25, 0.3) is 0 Å². The Hall–Kier alpha value is -1.32. The van der Waals surface area contributed by atoms with E-state index in [1.54, 1.807) is 0 Å². The fourth-order valence-electron chi connectivity index (χ4n) is 5.00. The number of rotatable bonds is 20. The zero-order chi connectivity index (χ0) is 24.3. The monoisotopic (exact) mass is 464 g/mol. The number of carboxylic acid groups (broad SMARTS) is 1. The van der Waals surface area contributed by atoms with Gasteiger partial charge in [-0.2, -0.15) is 0 Å². The van der Waals surface area contributed by atoms with E-state index in [-0.39, 0.29) is 17.8 Å². The molecule has 0 aromatic rings. The zero-order valence-electron chi connectivity index (χ0n) is 21.9. The van der Waals surface area contributed by atoms with Crippen LogP contribution in [0.3, 0.4) is 0 Å². The number of hydrogen-bond donors (Lipinski definition) is 1. The highest BCUT2D eigenvalue weighted by molar-refractivity contribution is 5.71. The summed E-state index contributed by atoms with van der Waals surface area (Å²) in [6, 6.07) is 0. The molecule has 0 radical (unpaired) electrons. The molecule has 0 aromatic heterocycles. The second-order valence-electron chi connectivity index (χ2n) is 10.2. The van der Waals surface area contributed by atoms with Gasteiger partial charge >= 0.3 is 11.9 Å². The fraction of sp³-hybridized carbons (Fsp3) is 0.862. The third-order valence-corrected chi connectivity index (χ3v) is 7.39. The summed E-state index contributed by atoms with van der Waals surface area (Å²) in [5.41, 5.74) is 0. The summed E-state index contributed by atoms with van der Waals surface area (Å²) in [7, 11) is 0. The highest BCUT2D eigenvalue weighted by atomic mass is 16.5. The van der Waals surface area contributed by atoms with E-state index in [1.165, 1.54) is 32.1 Å². The van der Waals surface area contributed by atoms with Crippen LogP contribution in [0.2, 0.25) is 0 Å². The van der Waals surface area contributed by atoms with Crippen LogP contribution in [0.5, 0.6) is 0 Å². The number of allylic oxidation sites excluding steroid dienone is 2. The number of carboxylic acids is 1. The van der Waals surface area contributed by atoms with Crippen molar-refractivity contribution >= 4 is 11.9 Å². The summed E-state index contributed by atoms with van der Waals surface area (Å²) in [6.45, 7) is 7.16. The Bertz CT molecular complexity index is 542. The van der Waals surface area contributed by atoms with Gasteiger partial charge in [-0.1, -0.05) is 104 Å². The summed E-state index contributed by atoms with van der Waals surface area (Å²) >= 11 is 0. The minimum atomic E-state index is -0.618. The summed E-state index contributed by atoms with van der Waals surface area (Å²) < 4.78 is 5.48. The molecule has 0 saturated carbocycles. The van der Waals surface area contributed by atoms with Crippen LogP contribution in [-0.2, 0) is 14.3 Å². The molecule has 192 valence electrons. The lowest BCUT2D eigenvalue weighted by molar-refractivity contribution is -0.145. The van der Waals surface area contributed by atoms with Crippen molar-refractivity contribution in [3.63, 3.8) is 0 Å². The van der Waals surface area contributed by atoms with Crippen molar-refractivity contribution in [1.29, 1.82) is 0 Å². The molecule has 0 saturated heterocycles. The zero-order valence-corrected chi connectivity index (χ0v) is 21.9. The van der Waals surface area contributed by atoms with Gasteiger partial charge in [0.2, 0.25) is 0 Å². The van der Waals surface area contributed by atoms with E-state index in [2.05, 4.69) is 32.9 Å². The van der Waals surface area contributed by atoms with Crippen LogP contribution in [0.1, 0.15) is 130 Å². The molecule has 0 spiro atoms. The lowest BCUT2D eigenvalue weighted by atomic mass is 9.75. The first-order valence-electron chi connectivity index (χ1n) is 14.1. The van der Waals surface area contributed by atoms with Gasteiger partial charge in [0.25, 0.3) is 0 Å². The van der Waals surface area contributed by atoms with Gasteiger partial charge < -0.3 is 9.84 Å². The summed E-state index contributed by atoms with van der Waals surface area (Å²) in [5, 5.41) is 9.69. The quantitative estimate of drug-likeness (QED) is 0.112. The van der Waals surface area contributed by atoms with Crippen molar-refractivity contribution in [3.05, 3.63) is 12.2 Å². The number of unbranched alkanes of at least 4 members (excludes halogenated alkanes) is 8. The summed E-state index contributed by atoms with van der Waals surface area (Å²) in [6.07, 6.45) is 22.8. The Morgan fingerprint density at radius 3 is 2.24 bits per heavy atom. The first kappa shape index (κ1) is 29.7. The van der Waals surface area contributed by atoms with Crippen molar-refractivity contribution in [3.8, 4) is 0 Å². The highest BCUT2D eigenvalue weighted by Gasteiger charge is 2.31. The maximum absolute atomic E-state index is 12.0. The molecule has 1 aliphatic carbocycles. The molecule has 0 unspecified atom stereocenters. The third kappa shape index (κ3) is 13.9. The van der Waals surface area contributed by atoms with Gasteiger partial charge in [0.15, 0.2) is 0 Å².